The number of rotatable bonds is 6. The van der Waals surface area contributed by atoms with Gasteiger partial charge in [0, 0.05) is 17.1 Å². The van der Waals surface area contributed by atoms with Gasteiger partial charge in [-0.05, 0) is 29.8 Å². The van der Waals surface area contributed by atoms with Crippen LogP contribution in [0, 0.1) is 5.82 Å². The monoisotopic (exact) mass is 382 g/mol. The fourth-order valence-corrected chi connectivity index (χ4v) is 3.23. The lowest BCUT2D eigenvalue weighted by Gasteiger charge is -2.10. The highest BCUT2D eigenvalue weighted by atomic mass is 35.5. The third kappa shape index (κ3) is 4.60. The smallest absolute Gasteiger partial charge is 0.183 e. The second-order valence-electron chi connectivity index (χ2n) is 4.99. The molecule has 3 nitrogen and oxygen atoms in total. The largest absolute Gasteiger partial charge is 0.489 e. The summed E-state index contributed by atoms with van der Waals surface area (Å²) in [5, 5.41) is 3.77. The first kappa shape index (κ1) is 17.0. The highest BCUT2D eigenvalue weighted by Crippen LogP contribution is 2.28. The zero-order valence-electron chi connectivity index (χ0n) is 12.4. The van der Waals surface area contributed by atoms with Crippen molar-refractivity contribution in [3.8, 4) is 5.75 Å². The average molecular weight is 383 g/mol. The first-order chi connectivity index (χ1) is 11.6. The van der Waals surface area contributed by atoms with Crippen LogP contribution in [0.3, 0.4) is 0 Å². The topological polar surface area (TPSA) is 34.1 Å². The van der Waals surface area contributed by atoms with Gasteiger partial charge in [0.05, 0.1) is 17.3 Å². The Kier molecular flexibility index (Phi) is 5.56. The van der Waals surface area contributed by atoms with Gasteiger partial charge in [0.25, 0.3) is 0 Å². The number of benzene rings is 2. The molecule has 0 unspecified atom stereocenters. The lowest BCUT2D eigenvalue weighted by atomic mass is 10.2. The van der Waals surface area contributed by atoms with E-state index in [1.54, 1.807) is 24.4 Å². The summed E-state index contributed by atoms with van der Waals surface area (Å²) in [7, 11) is 0. The Morgan fingerprint density at radius 2 is 2.04 bits per heavy atom. The maximum absolute atomic E-state index is 13.1. The van der Waals surface area contributed by atoms with Gasteiger partial charge < -0.3 is 10.1 Å². The average Bonchev–Trinajstić information content (AvgIpc) is 2.97. The Labute approximate surface area is 153 Å². The molecule has 1 N–H and O–H groups in total. The van der Waals surface area contributed by atoms with Crippen LogP contribution in [-0.2, 0) is 13.2 Å². The van der Waals surface area contributed by atoms with Crippen LogP contribution >= 0.6 is 34.5 Å². The van der Waals surface area contributed by atoms with E-state index in [-0.39, 0.29) is 12.4 Å². The quantitative estimate of drug-likeness (QED) is 0.586. The molecular weight excluding hydrogens is 370 g/mol. The molecule has 0 aliphatic rings. The molecule has 3 rings (SSSR count). The van der Waals surface area contributed by atoms with Crippen molar-refractivity contribution in [3.05, 3.63) is 74.4 Å². The van der Waals surface area contributed by atoms with Crippen LogP contribution in [0.25, 0.3) is 0 Å². The standard InChI is InChI=1S/C17H13Cl2FN2OS/c18-15-7-13(23-10-11-2-1-3-12(20)6-11)4-5-16(15)21-8-14-9-22-17(19)24-14/h1-7,9,21H,8,10H2. The zero-order chi connectivity index (χ0) is 16.9. The fourth-order valence-electron chi connectivity index (χ4n) is 2.07. The summed E-state index contributed by atoms with van der Waals surface area (Å²) < 4.78 is 19.3. The molecule has 24 heavy (non-hydrogen) atoms. The van der Waals surface area contributed by atoms with Gasteiger partial charge >= 0.3 is 0 Å². The van der Waals surface area contributed by atoms with Crippen LogP contribution in [0.2, 0.25) is 9.49 Å². The van der Waals surface area contributed by atoms with E-state index < -0.39 is 0 Å². The summed E-state index contributed by atoms with van der Waals surface area (Å²) in [5.74, 6) is 0.340. The number of nitrogens with zero attached hydrogens (tertiary/aromatic N) is 1. The number of aromatic nitrogens is 1. The van der Waals surface area contributed by atoms with E-state index in [4.69, 9.17) is 27.9 Å². The minimum absolute atomic E-state index is 0.278. The van der Waals surface area contributed by atoms with Crippen molar-refractivity contribution < 1.29 is 9.13 Å². The Morgan fingerprint density at radius 3 is 2.75 bits per heavy atom. The molecule has 3 aromatic rings. The molecule has 7 heteroatoms. The molecule has 1 heterocycles. The molecule has 124 valence electrons. The van der Waals surface area contributed by atoms with E-state index >= 15 is 0 Å². The summed E-state index contributed by atoms with van der Waals surface area (Å²) in [6, 6.07) is 11.7. The second-order valence-corrected chi connectivity index (χ2v) is 7.10. The van der Waals surface area contributed by atoms with Gasteiger partial charge in [-0.3, -0.25) is 0 Å². The van der Waals surface area contributed by atoms with E-state index in [1.807, 2.05) is 12.1 Å². The van der Waals surface area contributed by atoms with Gasteiger partial charge in [0.2, 0.25) is 0 Å². The molecule has 0 aliphatic heterocycles. The van der Waals surface area contributed by atoms with Crippen molar-refractivity contribution in [2.75, 3.05) is 5.32 Å². The number of hydrogen-bond acceptors (Lipinski definition) is 4. The predicted octanol–water partition coefficient (Wildman–Crippen LogP) is 5.78. The van der Waals surface area contributed by atoms with Crippen molar-refractivity contribution in [2.24, 2.45) is 0 Å². The van der Waals surface area contributed by atoms with Gasteiger partial charge in [-0.25, -0.2) is 9.37 Å². The highest BCUT2D eigenvalue weighted by molar-refractivity contribution is 7.15. The molecule has 0 atom stereocenters. The molecule has 2 aromatic carbocycles. The summed E-state index contributed by atoms with van der Waals surface area (Å²) in [5.41, 5.74) is 1.55. The molecule has 0 bridgehead atoms. The van der Waals surface area contributed by atoms with Crippen molar-refractivity contribution in [2.45, 2.75) is 13.2 Å². The van der Waals surface area contributed by atoms with Gasteiger partial charge in [-0.15, -0.1) is 11.3 Å². The third-order valence-electron chi connectivity index (χ3n) is 3.21. The summed E-state index contributed by atoms with van der Waals surface area (Å²) in [6.07, 6.45) is 1.73. The molecule has 0 spiro atoms. The molecule has 1 aromatic heterocycles. The van der Waals surface area contributed by atoms with Crippen molar-refractivity contribution in [3.63, 3.8) is 0 Å². The highest BCUT2D eigenvalue weighted by Gasteiger charge is 2.05. The van der Waals surface area contributed by atoms with Crippen LogP contribution in [0.1, 0.15) is 10.4 Å². The molecule has 0 radical (unpaired) electrons. The summed E-state index contributed by atoms with van der Waals surface area (Å²) in [6.45, 7) is 0.869. The lowest BCUT2D eigenvalue weighted by Crippen LogP contribution is -1.99. The minimum atomic E-state index is -0.281. The Hall–Kier alpha value is -1.82. The molecule has 0 fully saturated rings. The number of nitrogens with one attached hydrogen (secondary N) is 1. The van der Waals surface area contributed by atoms with E-state index in [9.17, 15) is 4.39 Å². The number of halogens is 3. The Bertz CT molecular complexity index is 841. The second kappa shape index (κ2) is 7.83. The fraction of sp³-hybridized carbons (Fsp3) is 0.118. The maximum atomic E-state index is 13.1. The van der Waals surface area contributed by atoms with Crippen LogP contribution < -0.4 is 10.1 Å². The maximum Gasteiger partial charge on any atom is 0.183 e. The number of anilines is 1. The van der Waals surface area contributed by atoms with Crippen LogP contribution in [0.4, 0.5) is 10.1 Å². The Morgan fingerprint density at radius 1 is 1.17 bits per heavy atom. The lowest BCUT2D eigenvalue weighted by molar-refractivity contribution is 0.305. The number of hydrogen-bond donors (Lipinski definition) is 1. The first-order valence-electron chi connectivity index (χ1n) is 7.11. The van der Waals surface area contributed by atoms with E-state index in [0.29, 0.717) is 21.8 Å². The van der Waals surface area contributed by atoms with Crippen molar-refractivity contribution in [1.82, 2.24) is 4.98 Å². The molecule has 0 saturated carbocycles. The number of thiazole rings is 1. The minimum Gasteiger partial charge on any atom is -0.489 e. The SMILES string of the molecule is Fc1cccc(COc2ccc(NCc3cnc(Cl)s3)c(Cl)c2)c1. The summed E-state index contributed by atoms with van der Waals surface area (Å²) >= 11 is 13.5. The van der Waals surface area contributed by atoms with Gasteiger partial charge in [0.15, 0.2) is 4.47 Å². The zero-order valence-corrected chi connectivity index (χ0v) is 14.8. The Balaban J connectivity index is 1.59. The van der Waals surface area contributed by atoms with E-state index in [0.717, 1.165) is 16.1 Å². The normalized spacial score (nSPS) is 10.6. The molecular formula is C17H13Cl2FN2OS. The van der Waals surface area contributed by atoms with Crippen LogP contribution in [0.5, 0.6) is 5.75 Å². The van der Waals surface area contributed by atoms with Gasteiger partial charge in [-0.2, -0.15) is 0 Å². The van der Waals surface area contributed by atoms with E-state index in [2.05, 4.69) is 10.3 Å². The van der Waals surface area contributed by atoms with Crippen LogP contribution in [0.15, 0.2) is 48.7 Å². The summed E-state index contributed by atoms with van der Waals surface area (Å²) in [4.78, 5) is 5.01. The third-order valence-corrected chi connectivity index (χ3v) is 4.64. The van der Waals surface area contributed by atoms with Gasteiger partial charge in [-0.1, -0.05) is 35.3 Å². The first-order valence-corrected chi connectivity index (χ1v) is 8.68. The molecule has 0 saturated heterocycles. The number of ether oxygens (including phenoxy) is 1. The van der Waals surface area contributed by atoms with Crippen molar-refractivity contribution in [1.29, 1.82) is 0 Å². The van der Waals surface area contributed by atoms with Gasteiger partial charge in [0.1, 0.15) is 18.2 Å². The van der Waals surface area contributed by atoms with Crippen LogP contribution in [-0.4, -0.2) is 4.98 Å². The van der Waals surface area contributed by atoms with E-state index in [1.165, 1.54) is 23.5 Å². The molecule has 0 aliphatic carbocycles. The predicted molar refractivity (Wildman–Crippen MR) is 96.6 cm³/mol. The van der Waals surface area contributed by atoms with Crippen molar-refractivity contribution >= 4 is 40.2 Å². The molecule has 0 amide bonds.